The highest BCUT2D eigenvalue weighted by Crippen LogP contribution is 2.43. The van der Waals surface area contributed by atoms with Crippen molar-refractivity contribution in [1.29, 1.82) is 0 Å². The van der Waals surface area contributed by atoms with Crippen molar-refractivity contribution in [3.8, 4) is 0 Å². The number of nitrogens with one attached hydrogen (secondary N) is 1. The zero-order valence-electron chi connectivity index (χ0n) is 18.3. The first-order valence-corrected chi connectivity index (χ1v) is 12.3. The van der Waals surface area contributed by atoms with Crippen molar-refractivity contribution in [3.63, 3.8) is 0 Å². The van der Waals surface area contributed by atoms with Crippen LogP contribution in [-0.2, 0) is 21.7 Å². The van der Waals surface area contributed by atoms with Crippen LogP contribution in [0.1, 0.15) is 52.5 Å². The average Bonchev–Trinajstić information content (AvgIpc) is 2.93. The van der Waals surface area contributed by atoms with Crippen LogP contribution in [0, 0.1) is 0 Å². The molecule has 2 unspecified atom stereocenters. The summed E-state index contributed by atoms with van der Waals surface area (Å²) >= 11 is 0. The fourth-order valence-electron chi connectivity index (χ4n) is 4.01. The summed E-state index contributed by atoms with van der Waals surface area (Å²) in [5, 5.41) is 5.53. The highest BCUT2D eigenvalue weighted by molar-refractivity contribution is 8.14. The molecular weight excluding hydrogens is 418 g/mol. The van der Waals surface area contributed by atoms with Crippen molar-refractivity contribution >= 4 is 27.7 Å². The first-order valence-electron chi connectivity index (χ1n) is 10.8. The zero-order valence-corrected chi connectivity index (χ0v) is 19.2. The van der Waals surface area contributed by atoms with E-state index in [2.05, 4.69) is 47.1 Å². The summed E-state index contributed by atoms with van der Waals surface area (Å²) in [7, 11) is -0.119. The Balaban J connectivity index is 1.68. The van der Waals surface area contributed by atoms with Crippen molar-refractivity contribution < 1.29 is 14.3 Å². The Kier molecular flexibility index (Phi) is 6.86. The molecule has 0 saturated heterocycles. The molecule has 0 aromatic heterocycles. The fraction of sp³-hybridized carbons (Fsp3) is 0.222. The zero-order chi connectivity index (χ0) is 22.5. The molecule has 1 heterocycles. The number of benzene rings is 3. The van der Waals surface area contributed by atoms with Gasteiger partial charge < -0.3 is 10.1 Å². The van der Waals surface area contributed by atoms with Gasteiger partial charge in [-0.1, -0.05) is 60.0 Å². The lowest BCUT2D eigenvalue weighted by Gasteiger charge is -2.20. The van der Waals surface area contributed by atoms with Crippen LogP contribution >= 0.6 is 10.5 Å². The summed E-state index contributed by atoms with van der Waals surface area (Å²) in [6, 6.07) is 24.3. The van der Waals surface area contributed by atoms with Gasteiger partial charge in [0.05, 0.1) is 18.2 Å². The van der Waals surface area contributed by atoms with Crippen molar-refractivity contribution in [2.75, 3.05) is 6.61 Å². The van der Waals surface area contributed by atoms with E-state index in [0.29, 0.717) is 12.2 Å². The third-order valence-electron chi connectivity index (χ3n) is 5.52. The minimum absolute atomic E-state index is 0.0351. The summed E-state index contributed by atoms with van der Waals surface area (Å²) in [5.41, 5.74) is 5.31. The van der Waals surface area contributed by atoms with E-state index < -0.39 is 0 Å². The maximum atomic E-state index is 12.0. The molecule has 5 heteroatoms. The van der Waals surface area contributed by atoms with E-state index in [0.717, 1.165) is 28.9 Å². The van der Waals surface area contributed by atoms with Gasteiger partial charge in [0, 0.05) is 17.6 Å². The van der Waals surface area contributed by atoms with E-state index in [4.69, 9.17) is 4.74 Å². The fourth-order valence-corrected chi connectivity index (χ4v) is 6.20. The largest absolute Gasteiger partial charge is 0.462 e. The van der Waals surface area contributed by atoms with Crippen molar-refractivity contribution in [3.05, 3.63) is 101 Å². The Morgan fingerprint density at radius 1 is 1.00 bits per heavy atom. The van der Waals surface area contributed by atoms with Gasteiger partial charge in [-0.25, -0.2) is 4.79 Å². The standard InChI is InChI=1S/C27H27NO3S/c1-3-31-27(30)21-14-12-20(13-15-21)16-17-32-18-22-8-4-5-9-23(22)26(28-19(2)29)24-10-6-7-11-25(24)32/h4-15,17,26H,3,16,18H2,1-2H3,(H,28,29). The number of ether oxygens (including phenoxy) is 1. The highest BCUT2D eigenvalue weighted by atomic mass is 32.2. The lowest BCUT2D eigenvalue weighted by molar-refractivity contribution is -0.119. The second-order valence-electron chi connectivity index (χ2n) is 7.73. The summed E-state index contributed by atoms with van der Waals surface area (Å²) in [6.07, 6.45) is 0.799. The SMILES string of the molecule is CCOC(=O)c1ccc(CC=S2Cc3ccccc3C(NC(C)=O)c3ccccc32)cc1. The number of hydrogen-bond acceptors (Lipinski definition) is 3. The summed E-state index contributed by atoms with van der Waals surface area (Å²) < 4.78 is 5.07. The van der Waals surface area contributed by atoms with Gasteiger partial charge in [-0.2, -0.15) is 10.5 Å². The summed E-state index contributed by atoms with van der Waals surface area (Å²) in [5.74, 6) is 0.583. The first-order chi connectivity index (χ1) is 15.6. The van der Waals surface area contributed by atoms with Crippen LogP contribution in [0.15, 0.2) is 77.7 Å². The van der Waals surface area contributed by atoms with E-state index >= 15 is 0 Å². The lowest BCUT2D eigenvalue weighted by atomic mass is 9.95. The molecule has 2 atom stereocenters. The van der Waals surface area contributed by atoms with Gasteiger partial charge in [0.25, 0.3) is 0 Å². The Hall–Kier alpha value is -3.18. The van der Waals surface area contributed by atoms with Crippen LogP contribution in [-0.4, -0.2) is 23.9 Å². The number of hydrogen-bond donors (Lipinski definition) is 1. The number of carbonyl (C=O) groups is 2. The van der Waals surface area contributed by atoms with Gasteiger partial charge in [-0.15, -0.1) is 0 Å². The highest BCUT2D eigenvalue weighted by Gasteiger charge is 2.25. The molecule has 3 aromatic carbocycles. The lowest BCUT2D eigenvalue weighted by Crippen LogP contribution is -2.27. The molecule has 1 amide bonds. The third-order valence-corrected chi connectivity index (χ3v) is 7.65. The molecule has 0 saturated carbocycles. The molecule has 3 aromatic rings. The normalized spacial score (nSPS) is 17.1. The van der Waals surface area contributed by atoms with Gasteiger partial charge in [-0.3, -0.25) is 4.79 Å². The molecule has 164 valence electrons. The minimum Gasteiger partial charge on any atom is -0.462 e. The van der Waals surface area contributed by atoms with E-state index in [-0.39, 0.29) is 28.4 Å². The number of esters is 1. The van der Waals surface area contributed by atoms with Crippen LogP contribution < -0.4 is 5.32 Å². The van der Waals surface area contributed by atoms with Crippen LogP contribution in [0.5, 0.6) is 0 Å². The maximum absolute atomic E-state index is 12.0. The van der Waals surface area contributed by atoms with Gasteiger partial charge in [0.15, 0.2) is 0 Å². The smallest absolute Gasteiger partial charge is 0.338 e. The van der Waals surface area contributed by atoms with E-state index in [1.165, 1.54) is 10.5 Å². The Bertz CT molecular complexity index is 1170. The maximum Gasteiger partial charge on any atom is 0.338 e. The molecule has 32 heavy (non-hydrogen) atoms. The second kappa shape index (κ2) is 9.96. The molecule has 1 aliphatic rings. The molecule has 1 N–H and O–H groups in total. The molecule has 1 aliphatic heterocycles. The quantitative estimate of drug-likeness (QED) is 0.430. The second-order valence-corrected chi connectivity index (χ2v) is 9.65. The van der Waals surface area contributed by atoms with Crippen molar-refractivity contribution in [1.82, 2.24) is 5.32 Å². The molecular formula is C27H27NO3S. The van der Waals surface area contributed by atoms with Crippen molar-refractivity contribution in [2.45, 2.75) is 37.0 Å². The monoisotopic (exact) mass is 445 g/mol. The van der Waals surface area contributed by atoms with Gasteiger partial charge in [0.2, 0.25) is 5.91 Å². The number of carbonyl (C=O) groups excluding carboxylic acids is 2. The molecule has 0 aliphatic carbocycles. The summed E-state index contributed by atoms with van der Waals surface area (Å²) in [6.45, 7) is 3.75. The Morgan fingerprint density at radius 3 is 2.41 bits per heavy atom. The molecule has 4 nitrogen and oxygen atoms in total. The van der Waals surface area contributed by atoms with Crippen LogP contribution in [0.4, 0.5) is 0 Å². The van der Waals surface area contributed by atoms with E-state index in [1.54, 1.807) is 13.8 Å². The number of rotatable bonds is 5. The molecule has 4 rings (SSSR count). The van der Waals surface area contributed by atoms with Crippen LogP contribution in [0.2, 0.25) is 0 Å². The first kappa shape index (κ1) is 22.0. The van der Waals surface area contributed by atoms with E-state index in [9.17, 15) is 9.59 Å². The Morgan fingerprint density at radius 2 is 1.69 bits per heavy atom. The topological polar surface area (TPSA) is 55.4 Å². The molecule has 0 fully saturated rings. The third kappa shape index (κ3) is 4.83. The van der Waals surface area contributed by atoms with Gasteiger partial charge in [-0.05, 0) is 53.8 Å². The molecule has 0 bridgehead atoms. The average molecular weight is 446 g/mol. The predicted molar refractivity (Wildman–Crippen MR) is 130 cm³/mol. The number of amides is 1. The Labute approximate surface area is 191 Å². The van der Waals surface area contributed by atoms with E-state index in [1.807, 2.05) is 36.4 Å². The minimum atomic E-state index is -0.289. The molecule has 0 spiro atoms. The molecule has 0 radical (unpaired) electrons. The van der Waals surface area contributed by atoms with Gasteiger partial charge in [0.1, 0.15) is 0 Å². The predicted octanol–water partition coefficient (Wildman–Crippen LogP) is 5.28. The van der Waals surface area contributed by atoms with Crippen LogP contribution in [0.3, 0.4) is 0 Å². The van der Waals surface area contributed by atoms with Crippen molar-refractivity contribution in [2.24, 2.45) is 0 Å². The number of fused-ring (bicyclic) bond motifs is 2. The van der Waals surface area contributed by atoms with Gasteiger partial charge >= 0.3 is 5.97 Å². The summed E-state index contributed by atoms with van der Waals surface area (Å²) in [4.78, 5) is 25.2. The van der Waals surface area contributed by atoms with Crippen LogP contribution in [0.25, 0.3) is 0 Å².